The Hall–Kier alpha value is -3.68. The van der Waals surface area contributed by atoms with Crippen LogP contribution < -0.4 is 21.7 Å². The maximum Gasteiger partial charge on any atom is 0.316 e. The molecule has 0 bridgehead atoms. The molecule has 3 aromatic rings. The number of piperazine rings is 1. The molecular weight excluding hydrogens is 414 g/mol. The summed E-state index contributed by atoms with van der Waals surface area (Å²) in [6, 6.07) is 22.9. The number of nitrogens with zero attached hydrogens (tertiary/aromatic N) is 1. The fourth-order valence-electron chi connectivity index (χ4n) is 4.00. The topological polar surface area (TPSA) is 99.5 Å². The molecule has 4 rings (SSSR count). The molecule has 1 heterocycles. The van der Waals surface area contributed by atoms with Gasteiger partial charge in [-0.15, -0.1) is 0 Å². The van der Waals surface area contributed by atoms with E-state index in [-0.39, 0.29) is 5.91 Å². The summed E-state index contributed by atoms with van der Waals surface area (Å²) in [5.41, 5.74) is 10.7. The van der Waals surface area contributed by atoms with E-state index < -0.39 is 6.03 Å². The molecule has 1 aliphatic rings. The largest absolute Gasteiger partial charge is 0.351 e. The average molecular weight is 444 g/mol. The van der Waals surface area contributed by atoms with Crippen LogP contribution in [0.3, 0.4) is 0 Å². The molecule has 0 radical (unpaired) electrons. The van der Waals surface area contributed by atoms with Gasteiger partial charge in [0.05, 0.1) is 0 Å². The summed E-state index contributed by atoms with van der Waals surface area (Å²) in [5, 5.41) is 8.82. The fraction of sp³-hybridized carbons (Fsp3) is 0.231. The molecule has 3 aromatic carbocycles. The number of carbonyl (C=O) groups excluding carboxylic acids is 2. The number of rotatable bonds is 7. The average Bonchev–Trinajstić information content (AvgIpc) is 2.83. The normalized spacial score (nSPS) is 13.9. The summed E-state index contributed by atoms with van der Waals surface area (Å²) in [6.45, 7) is 5.58. The minimum absolute atomic E-state index is 0.216. The number of benzene rings is 3. The molecule has 1 fully saturated rings. The van der Waals surface area contributed by atoms with Gasteiger partial charge in [-0.1, -0.05) is 42.5 Å². The molecule has 1 aliphatic heterocycles. The lowest BCUT2D eigenvalue weighted by molar-refractivity contribution is 0.0951. The molecule has 7 heteroatoms. The number of carbonyl (C=O) groups is 2. The van der Waals surface area contributed by atoms with Gasteiger partial charge in [0.1, 0.15) is 0 Å². The Kier molecular flexibility index (Phi) is 7.34. The molecular formula is C26H29N5O2. The van der Waals surface area contributed by atoms with Crippen LogP contribution in [0.1, 0.15) is 21.5 Å². The van der Waals surface area contributed by atoms with Crippen molar-refractivity contribution in [3.05, 3.63) is 89.5 Å². The number of amides is 3. The van der Waals surface area contributed by atoms with Gasteiger partial charge in [0, 0.05) is 50.5 Å². The van der Waals surface area contributed by atoms with E-state index in [1.165, 1.54) is 11.1 Å². The number of anilines is 1. The van der Waals surface area contributed by atoms with E-state index in [0.717, 1.165) is 43.9 Å². The zero-order valence-corrected chi connectivity index (χ0v) is 18.5. The molecule has 0 aliphatic carbocycles. The quantitative estimate of drug-likeness (QED) is 0.451. The van der Waals surface area contributed by atoms with E-state index in [9.17, 15) is 9.59 Å². The number of nitrogens with two attached hydrogens (primary N) is 1. The van der Waals surface area contributed by atoms with Crippen molar-refractivity contribution in [3.63, 3.8) is 0 Å². The summed E-state index contributed by atoms with van der Waals surface area (Å²) < 4.78 is 0. The maximum absolute atomic E-state index is 12.6. The van der Waals surface area contributed by atoms with E-state index in [1.54, 1.807) is 24.3 Å². The third-order valence-corrected chi connectivity index (χ3v) is 5.65. The van der Waals surface area contributed by atoms with Crippen LogP contribution in [0.5, 0.6) is 0 Å². The lowest BCUT2D eigenvalue weighted by atomic mass is 10.0. The van der Waals surface area contributed by atoms with E-state index in [1.807, 2.05) is 12.1 Å². The van der Waals surface area contributed by atoms with Crippen molar-refractivity contribution in [3.8, 4) is 11.1 Å². The molecule has 7 nitrogen and oxygen atoms in total. The van der Waals surface area contributed by atoms with Gasteiger partial charge in [-0.05, 0) is 52.6 Å². The number of nitrogens with one attached hydrogen (secondary N) is 3. The second-order valence-electron chi connectivity index (χ2n) is 8.18. The number of urea groups is 1. The molecule has 0 unspecified atom stereocenters. The predicted octanol–water partition coefficient (Wildman–Crippen LogP) is 3.18. The Morgan fingerprint density at radius 2 is 1.55 bits per heavy atom. The Morgan fingerprint density at radius 1 is 0.879 bits per heavy atom. The lowest BCUT2D eigenvalue weighted by Crippen LogP contribution is -2.42. The smallest absolute Gasteiger partial charge is 0.316 e. The Bertz CT molecular complexity index is 1120. The second-order valence-corrected chi connectivity index (χ2v) is 8.18. The summed E-state index contributed by atoms with van der Waals surface area (Å²) in [7, 11) is 0. The Labute approximate surface area is 194 Å². The van der Waals surface area contributed by atoms with Gasteiger partial charge in [-0.3, -0.25) is 9.69 Å². The van der Waals surface area contributed by atoms with Crippen LogP contribution in [-0.2, 0) is 13.1 Å². The lowest BCUT2D eigenvalue weighted by Gasteiger charge is -2.27. The molecule has 0 aromatic heterocycles. The molecule has 5 N–H and O–H groups in total. The van der Waals surface area contributed by atoms with Crippen molar-refractivity contribution in [1.82, 2.24) is 15.5 Å². The van der Waals surface area contributed by atoms with Crippen LogP contribution in [0.2, 0.25) is 0 Å². The van der Waals surface area contributed by atoms with Crippen LogP contribution >= 0.6 is 0 Å². The van der Waals surface area contributed by atoms with Crippen molar-refractivity contribution in [2.75, 3.05) is 31.5 Å². The Balaban J connectivity index is 1.40. The molecule has 3 amide bonds. The van der Waals surface area contributed by atoms with Gasteiger partial charge in [-0.25, -0.2) is 4.79 Å². The first-order valence-corrected chi connectivity index (χ1v) is 11.1. The summed E-state index contributed by atoms with van der Waals surface area (Å²) in [4.78, 5) is 26.1. The van der Waals surface area contributed by atoms with Crippen LogP contribution in [0.15, 0.2) is 72.8 Å². The highest BCUT2D eigenvalue weighted by Crippen LogP contribution is 2.22. The number of primary amides is 1. The standard InChI is InChI=1S/C26H29N5O2/c27-26(33)30-24-9-3-8-23(16-24)25(32)29-17-19-4-1-6-21(14-19)22-7-2-5-20(15-22)18-31-12-10-28-11-13-31/h1-9,14-16,28H,10-13,17-18H2,(H,29,32)(H3,27,30,33). The zero-order valence-electron chi connectivity index (χ0n) is 18.5. The fourth-order valence-corrected chi connectivity index (χ4v) is 4.00. The van der Waals surface area contributed by atoms with Gasteiger partial charge >= 0.3 is 6.03 Å². The minimum Gasteiger partial charge on any atom is -0.351 e. The van der Waals surface area contributed by atoms with Gasteiger partial charge in [0.2, 0.25) is 0 Å². The molecule has 170 valence electrons. The van der Waals surface area contributed by atoms with Crippen molar-refractivity contribution in [2.24, 2.45) is 5.73 Å². The second kappa shape index (κ2) is 10.8. The first-order chi connectivity index (χ1) is 16.1. The van der Waals surface area contributed by atoms with Crippen molar-refractivity contribution in [1.29, 1.82) is 0 Å². The van der Waals surface area contributed by atoms with Crippen LogP contribution in [-0.4, -0.2) is 43.0 Å². The third-order valence-electron chi connectivity index (χ3n) is 5.65. The van der Waals surface area contributed by atoms with Crippen molar-refractivity contribution < 1.29 is 9.59 Å². The molecule has 0 saturated carbocycles. The molecule has 1 saturated heterocycles. The SMILES string of the molecule is NC(=O)Nc1cccc(C(=O)NCc2cccc(-c3cccc(CN4CCNCC4)c3)c2)c1. The van der Waals surface area contributed by atoms with E-state index in [4.69, 9.17) is 5.73 Å². The predicted molar refractivity (Wildman–Crippen MR) is 131 cm³/mol. The molecule has 0 spiro atoms. The third kappa shape index (κ3) is 6.41. The van der Waals surface area contributed by atoms with Gasteiger partial charge in [0.15, 0.2) is 0 Å². The monoisotopic (exact) mass is 443 g/mol. The number of hydrogen-bond donors (Lipinski definition) is 4. The number of hydrogen-bond acceptors (Lipinski definition) is 4. The van der Waals surface area contributed by atoms with E-state index >= 15 is 0 Å². The summed E-state index contributed by atoms with van der Waals surface area (Å²) in [6.07, 6.45) is 0. The van der Waals surface area contributed by atoms with Gasteiger partial charge in [-0.2, -0.15) is 0 Å². The first kappa shape index (κ1) is 22.5. The minimum atomic E-state index is -0.665. The molecule has 33 heavy (non-hydrogen) atoms. The zero-order chi connectivity index (χ0) is 23.0. The maximum atomic E-state index is 12.6. The highest BCUT2D eigenvalue weighted by Gasteiger charge is 2.11. The summed E-state index contributed by atoms with van der Waals surface area (Å²) >= 11 is 0. The highest BCUT2D eigenvalue weighted by molar-refractivity contribution is 5.96. The van der Waals surface area contributed by atoms with Crippen molar-refractivity contribution in [2.45, 2.75) is 13.1 Å². The summed E-state index contributed by atoms with van der Waals surface area (Å²) in [5.74, 6) is -0.216. The van der Waals surface area contributed by atoms with Crippen LogP contribution in [0.4, 0.5) is 10.5 Å². The van der Waals surface area contributed by atoms with Crippen LogP contribution in [0.25, 0.3) is 11.1 Å². The van der Waals surface area contributed by atoms with E-state index in [0.29, 0.717) is 17.8 Å². The first-order valence-electron chi connectivity index (χ1n) is 11.1. The highest BCUT2D eigenvalue weighted by atomic mass is 16.2. The van der Waals surface area contributed by atoms with Crippen LogP contribution in [0, 0.1) is 0 Å². The van der Waals surface area contributed by atoms with E-state index in [2.05, 4.69) is 57.2 Å². The molecule has 0 atom stereocenters. The van der Waals surface area contributed by atoms with Gasteiger partial charge < -0.3 is 21.7 Å². The Morgan fingerprint density at radius 3 is 2.27 bits per heavy atom. The van der Waals surface area contributed by atoms with Crippen molar-refractivity contribution >= 4 is 17.6 Å². The van der Waals surface area contributed by atoms with Gasteiger partial charge in [0.25, 0.3) is 5.91 Å².